The van der Waals surface area contributed by atoms with Crippen LogP contribution in [0.2, 0.25) is 0 Å². The summed E-state index contributed by atoms with van der Waals surface area (Å²) in [5.41, 5.74) is 7.80. The third kappa shape index (κ3) is 3.97. The molecule has 0 spiro atoms. The Hall–Kier alpha value is -1.16. The number of amides is 1. The summed E-state index contributed by atoms with van der Waals surface area (Å²) >= 11 is 1.51. The predicted molar refractivity (Wildman–Crippen MR) is 74.2 cm³/mol. The summed E-state index contributed by atoms with van der Waals surface area (Å²) in [4.78, 5) is 12.7. The van der Waals surface area contributed by atoms with Crippen LogP contribution in [-0.2, 0) is 4.79 Å². The number of anilines is 1. The number of hydrogen-bond acceptors (Lipinski definition) is 3. The largest absolute Gasteiger partial charge is 0.398 e. The average molecular weight is 252 g/mol. The molecule has 1 atom stereocenters. The van der Waals surface area contributed by atoms with Crippen LogP contribution in [0.4, 0.5) is 5.69 Å². The number of nitrogens with one attached hydrogen (secondary N) is 1. The van der Waals surface area contributed by atoms with Gasteiger partial charge in [-0.25, -0.2) is 0 Å². The molecule has 0 radical (unpaired) electrons. The highest BCUT2D eigenvalue weighted by Crippen LogP contribution is 2.30. The molecule has 0 aromatic heterocycles. The fourth-order valence-electron chi connectivity index (χ4n) is 1.39. The molecule has 4 heteroatoms. The summed E-state index contributed by atoms with van der Waals surface area (Å²) in [6.45, 7) is 6.64. The lowest BCUT2D eigenvalue weighted by molar-refractivity contribution is -0.120. The van der Waals surface area contributed by atoms with Gasteiger partial charge in [0.15, 0.2) is 0 Å². The maximum absolute atomic E-state index is 11.7. The number of aryl methyl sites for hydroxylation is 1. The molecule has 0 saturated heterocycles. The van der Waals surface area contributed by atoms with E-state index in [0.717, 1.165) is 29.1 Å². The molecule has 17 heavy (non-hydrogen) atoms. The van der Waals surface area contributed by atoms with Crippen LogP contribution in [0.5, 0.6) is 0 Å². The third-order valence-corrected chi connectivity index (χ3v) is 3.68. The van der Waals surface area contributed by atoms with Crippen LogP contribution in [-0.4, -0.2) is 17.7 Å². The van der Waals surface area contributed by atoms with E-state index in [0.29, 0.717) is 0 Å². The minimum atomic E-state index is -0.120. The quantitative estimate of drug-likeness (QED) is 0.625. The highest BCUT2D eigenvalue weighted by Gasteiger charge is 2.15. The van der Waals surface area contributed by atoms with E-state index >= 15 is 0 Å². The molecule has 0 aliphatic rings. The number of hydrogen-bond donors (Lipinski definition) is 2. The molecule has 1 rings (SSSR count). The number of para-hydroxylation sites is 1. The second-order valence-electron chi connectivity index (χ2n) is 4.04. The van der Waals surface area contributed by atoms with Crippen molar-refractivity contribution in [2.45, 2.75) is 37.3 Å². The molecule has 3 nitrogen and oxygen atoms in total. The Morgan fingerprint density at radius 3 is 2.88 bits per heavy atom. The van der Waals surface area contributed by atoms with Crippen molar-refractivity contribution in [1.82, 2.24) is 5.32 Å². The highest BCUT2D eigenvalue weighted by molar-refractivity contribution is 8.00. The maximum Gasteiger partial charge on any atom is 0.233 e. The first kappa shape index (κ1) is 13.9. The zero-order valence-corrected chi connectivity index (χ0v) is 11.4. The molecule has 1 aromatic carbocycles. The number of benzene rings is 1. The molecule has 3 N–H and O–H groups in total. The van der Waals surface area contributed by atoms with Crippen LogP contribution >= 0.6 is 11.8 Å². The summed E-state index contributed by atoms with van der Waals surface area (Å²) in [5, 5.41) is 2.77. The number of carbonyl (C=O) groups excluding carboxylic acids is 1. The van der Waals surface area contributed by atoms with Crippen molar-refractivity contribution >= 4 is 23.4 Å². The van der Waals surface area contributed by atoms with Gasteiger partial charge in [0, 0.05) is 17.1 Å². The van der Waals surface area contributed by atoms with Crippen molar-refractivity contribution in [3.05, 3.63) is 23.8 Å². The van der Waals surface area contributed by atoms with Crippen LogP contribution < -0.4 is 11.1 Å². The van der Waals surface area contributed by atoms with Crippen LogP contribution in [0.25, 0.3) is 0 Å². The molecular formula is C13H20N2OS. The van der Waals surface area contributed by atoms with Gasteiger partial charge >= 0.3 is 0 Å². The Bertz CT molecular complexity index is 393. The Balaban J connectivity index is 2.64. The van der Waals surface area contributed by atoms with Gasteiger partial charge in [0.25, 0.3) is 0 Å². The summed E-state index contributed by atoms with van der Waals surface area (Å²) in [6, 6.07) is 5.89. The van der Waals surface area contributed by atoms with Crippen molar-refractivity contribution in [3.8, 4) is 0 Å². The fraction of sp³-hybridized carbons (Fsp3) is 0.462. The van der Waals surface area contributed by atoms with Crippen LogP contribution in [0.3, 0.4) is 0 Å². The van der Waals surface area contributed by atoms with E-state index in [1.165, 1.54) is 11.8 Å². The van der Waals surface area contributed by atoms with Crippen LogP contribution in [0.15, 0.2) is 23.1 Å². The average Bonchev–Trinajstić information content (AvgIpc) is 2.31. The van der Waals surface area contributed by atoms with E-state index in [4.69, 9.17) is 5.73 Å². The first-order valence-electron chi connectivity index (χ1n) is 5.85. The lowest BCUT2D eigenvalue weighted by Gasteiger charge is -2.13. The van der Waals surface area contributed by atoms with Crippen molar-refractivity contribution in [3.63, 3.8) is 0 Å². The summed E-state index contributed by atoms with van der Waals surface area (Å²) in [5.74, 6) is 0.0674. The molecule has 0 aliphatic heterocycles. The van der Waals surface area contributed by atoms with Gasteiger partial charge in [-0.15, -0.1) is 11.8 Å². The van der Waals surface area contributed by atoms with Crippen molar-refractivity contribution in [2.75, 3.05) is 12.3 Å². The van der Waals surface area contributed by atoms with E-state index < -0.39 is 0 Å². The van der Waals surface area contributed by atoms with Gasteiger partial charge in [-0.1, -0.05) is 19.1 Å². The van der Waals surface area contributed by atoms with Crippen molar-refractivity contribution in [2.24, 2.45) is 0 Å². The highest BCUT2D eigenvalue weighted by atomic mass is 32.2. The van der Waals surface area contributed by atoms with Gasteiger partial charge < -0.3 is 11.1 Å². The molecule has 1 aromatic rings. The van der Waals surface area contributed by atoms with Gasteiger partial charge in [-0.05, 0) is 31.9 Å². The molecule has 1 unspecified atom stereocenters. The lowest BCUT2D eigenvalue weighted by atomic mass is 10.2. The van der Waals surface area contributed by atoms with E-state index in [1.807, 2.05) is 39.0 Å². The molecule has 0 fully saturated rings. The third-order valence-electron chi connectivity index (χ3n) is 2.51. The predicted octanol–water partition coefficient (Wildman–Crippen LogP) is 2.58. The van der Waals surface area contributed by atoms with Gasteiger partial charge in [0.2, 0.25) is 5.91 Å². The van der Waals surface area contributed by atoms with Gasteiger partial charge in [-0.2, -0.15) is 0 Å². The van der Waals surface area contributed by atoms with Crippen molar-refractivity contribution < 1.29 is 4.79 Å². The summed E-state index contributed by atoms with van der Waals surface area (Å²) < 4.78 is 0. The van der Waals surface area contributed by atoms with E-state index in [9.17, 15) is 4.79 Å². The Morgan fingerprint density at radius 2 is 2.24 bits per heavy atom. The molecule has 0 saturated carbocycles. The first-order valence-corrected chi connectivity index (χ1v) is 6.73. The van der Waals surface area contributed by atoms with Crippen LogP contribution in [0.1, 0.15) is 25.8 Å². The number of carbonyl (C=O) groups is 1. The molecular weight excluding hydrogens is 232 g/mol. The molecule has 0 aliphatic carbocycles. The second-order valence-corrected chi connectivity index (χ2v) is 5.42. The first-order chi connectivity index (χ1) is 8.06. The van der Waals surface area contributed by atoms with E-state index in [2.05, 4.69) is 5.32 Å². The smallest absolute Gasteiger partial charge is 0.233 e. The lowest BCUT2D eigenvalue weighted by Crippen LogP contribution is -2.31. The number of nitrogens with two attached hydrogens (primary N) is 1. The minimum Gasteiger partial charge on any atom is -0.398 e. The monoisotopic (exact) mass is 252 g/mol. The number of nitrogen functional groups attached to an aromatic ring is 1. The number of thioether (sulfide) groups is 1. The minimum absolute atomic E-state index is 0.0674. The van der Waals surface area contributed by atoms with Gasteiger partial charge in [-0.3, -0.25) is 4.79 Å². The van der Waals surface area contributed by atoms with E-state index in [1.54, 1.807) is 0 Å². The fourth-order valence-corrected chi connectivity index (χ4v) is 2.41. The zero-order valence-electron chi connectivity index (χ0n) is 10.6. The summed E-state index contributed by atoms with van der Waals surface area (Å²) in [6.07, 6.45) is 0.954. The Kier molecular flexibility index (Phi) is 5.35. The maximum atomic E-state index is 11.7. The number of rotatable bonds is 5. The molecule has 0 heterocycles. The van der Waals surface area contributed by atoms with Gasteiger partial charge in [0.05, 0.1) is 5.25 Å². The van der Waals surface area contributed by atoms with Crippen LogP contribution in [0, 0.1) is 6.92 Å². The molecule has 1 amide bonds. The Morgan fingerprint density at radius 1 is 1.53 bits per heavy atom. The molecule has 94 valence electrons. The topological polar surface area (TPSA) is 55.1 Å². The molecule has 0 bridgehead atoms. The Labute approximate surface area is 107 Å². The van der Waals surface area contributed by atoms with E-state index in [-0.39, 0.29) is 11.2 Å². The standard InChI is InChI=1S/C13H20N2OS/c1-4-8-15-13(16)10(3)17-11-7-5-6-9(2)12(11)14/h5-7,10H,4,8,14H2,1-3H3,(H,15,16). The SMILES string of the molecule is CCCNC(=O)C(C)Sc1cccc(C)c1N. The normalized spacial score (nSPS) is 12.2. The second kappa shape index (κ2) is 6.55. The van der Waals surface area contributed by atoms with Crippen molar-refractivity contribution in [1.29, 1.82) is 0 Å². The zero-order chi connectivity index (χ0) is 12.8. The van der Waals surface area contributed by atoms with Gasteiger partial charge in [0.1, 0.15) is 0 Å². The summed E-state index contributed by atoms with van der Waals surface area (Å²) in [7, 11) is 0.